The van der Waals surface area contributed by atoms with Gasteiger partial charge in [-0.2, -0.15) is 0 Å². The van der Waals surface area contributed by atoms with Gasteiger partial charge in [-0.25, -0.2) is 4.57 Å². The van der Waals surface area contributed by atoms with Gasteiger partial charge in [0.1, 0.15) is 6.54 Å². The van der Waals surface area contributed by atoms with Crippen LogP contribution in [-0.4, -0.2) is 34.8 Å². The van der Waals surface area contributed by atoms with E-state index in [0.717, 1.165) is 19.0 Å². The zero-order chi connectivity index (χ0) is 22.7. The molecule has 1 aromatic heterocycles. The molecule has 0 saturated carbocycles. The van der Waals surface area contributed by atoms with E-state index in [4.69, 9.17) is 28.3 Å². The lowest BCUT2D eigenvalue weighted by molar-refractivity contribution is -0.697. The summed E-state index contributed by atoms with van der Waals surface area (Å²) in [4.78, 5) is 8.33. The summed E-state index contributed by atoms with van der Waals surface area (Å²) in [5, 5.41) is 16.7. The second-order valence-corrected chi connectivity index (χ2v) is 9.68. The fraction of sp³-hybridized carbons (Fsp3) is 0.727. The van der Waals surface area contributed by atoms with Gasteiger partial charge in [0, 0.05) is 44.4 Å². The SMILES string of the molecule is CCCCCCCC[n+]1ccc(CC[Si](OCC)(OCC)OCC)cc1.O=C([O-])[O-].[H+]. The highest BCUT2D eigenvalue weighted by Crippen LogP contribution is 2.19. The molecule has 0 amide bonds. The van der Waals surface area contributed by atoms with E-state index >= 15 is 0 Å². The summed E-state index contributed by atoms with van der Waals surface area (Å²) in [6, 6.07) is 5.28. The number of carbonyl (C=O) groups is 1. The number of unbranched alkanes of at least 4 members (excludes halogenated alkanes) is 5. The number of pyridine rings is 1. The van der Waals surface area contributed by atoms with Crippen LogP contribution in [0.15, 0.2) is 24.5 Å². The quantitative estimate of drug-likeness (QED) is 0.221. The van der Waals surface area contributed by atoms with Crippen molar-refractivity contribution in [3.63, 3.8) is 0 Å². The fourth-order valence-corrected chi connectivity index (χ4v) is 5.77. The van der Waals surface area contributed by atoms with Crippen LogP contribution >= 0.6 is 0 Å². The van der Waals surface area contributed by atoms with Crippen molar-refractivity contribution >= 4 is 15.0 Å². The Morgan fingerprint density at radius 3 is 1.83 bits per heavy atom. The molecule has 0 aliphatic rings. The van der Waals surface area contributed by atoms with E-state index < -0.39 is 15.0 Å². The Bertz CT molecular complexity index is 526. The predicted octanol–water partition coefficient (Wildman–Crippen LogP) is 2.59. The molecule has 0 unspecified atom stereocenters. The van der Waals surface area contributed by atoms with Gasteiger partial charge in [-0.3, -0.25) is 0 Å². The fourth-order valence-electron chi connectivity index (χ4n) is 3.18. The Labute approximate surface area is 184 Å². The minimum atomic E-state index is -2.54. The number of aryl methyl sites for hydroxylation is 2. The second kappa shape index (κ2) is 18.3. The van der Waals surface area contributed by atoms with Crippen molar-refractivity contribution in [2.45, 2.75) is 85.2 Å². The van der Waals surface area contributed by atoms with Crippen LogP contribution in [0, 0.1) is 0 Å². The highest BCUT2D eigenvalue weighted by Gasteiger charge is 2.39. The lowest BCUT2D eigenvalue weighted by Crippen LogP contribution is -2.46. The third-order valence-corrected chi connectivity index (χ3v) is 7.59. The molecule has 0 bridgehead atoms. The molecule has 1 rings (SSSR count). The maximum absolute atomic E-state index is 8.33. The van der Waals surface area contributed by atoms with Crippen molar-refractivity contribution in [3.05, 3.63) is 30.1 Å². The van der Waals surface area contributed by atoms with E-state index in [0.29, 0.717) is 19.8 Å². The van der Waals surface area contributed by atoms with Gasteiger partial charge < -0.3 is 28.3 Å². The molecule has 0 fully saturated rings. The number of nitrogens with zero attached hydrogens (tertiary/aromatic N) is 1. The molecule has 174 valence electrons. The molecule has 1 aromatic rings. The molecule has 0 spiro atoms. The Balaban J connectivity index is 0. The molecule has 0 aliphatic carbocycles. The Hall–Kier alpha value is -1.48. The highest BCUT2D eigenvalue weighted by atomic mass is 28.4. The number of aromatic nitrogens is 1. The topological polar surface area (TPSA) is 94.8 Å². The van der Waals surface area contributed by atoms with Crippen molar-refractivity contribution in [3.8, 4) is 0 Å². The van der Waals surface area contributed by atoms with Crippen molar-refractivity contribution in [1.29, 1.82) is 0 Å². The Kier molecular flexibility index (Phi) is 17.4. The number of rotatable bonds is 16. The summed E-state index contributed by atoms with van der Waals surface area (Å²) in [7, 11) is -2.54. The first-order chi connectivity index (χ1) is 14.4. The van der Waals surface area contributed by atoms with Gasteiger partial charge in [0.25, 0.3) is 0 Å². The number of carbonyl (C=O) groups excluding carboxylic acids is 1. The van der Waals surface area contributed by atoms with Gasteiger partial charge in [0.2, 0.25) is 0 Å². The van der Waals surface area contributed by atoms with Gasteiger partial charge in [0.15, 0.2) is 12.4 Å². The van der Waals surface area contributed by atoms with Gasteiger partial charge in [-0.1, -0.05) is 32.6 Å². The average molecular weight is 444 g/mol. The maximum Gasteiger partial charge on any atom is 1.00 e. The molecule has 0 aliphatic heterocycles. The van der Waals surface area contributed by atoms with Crippen molar-refractivity contribution in [2.24, 2.45) is 0 Å². The van der Waals surface area contributed by atoms with E-state index in [2.05, 4.69) is 36.0 Å². The van der Waals surface area contributed by atoms with Gasteiger partial charge in [-0.05, 0) is 45.3 Å². The van der Waals surface area contributed by atoms with Crippen LogP contribution in [0.4, 0.5) is 4.79 Å². The number of hydrogen-bond donors (Lipinski definition) is 0. The van der Waals surface area contributed by atoms with Crippen LogP contribution in [0.3, 0.4) is 0 Å². The van der Waals surface area contributed by atoms with Gasteiger partial charge in [0.05, 0.1) is 0 Å². The molecule has 0 atom stereocenters. The molecule has 0 saturated heterocycles. The third kappa shape index (κ3) is 14.5. The molecule has 30 heavy (non-hydrogen) atoms. The Morgan fingerprint density at radius 1 is 0.900 bits per heavy atom. The van der Waals surface area contributed by atoms with Crippen LogP contribution in [0.2, 0.25) is 6.04 Å². The maximum atomic E-state index is 8.33. The Morgan fingerprint density at radius 2 is 1.37 bits per heavy atom. The van der Waals surface area contributed by atoms with Crippen LogP contribution < -0.4 is 14.8 Å². The van der Waals surface area contributed by atoms with E-state index in [9.17, 15) is 0 Å². The standard InChI is InChI=1S/C21H40NO3Si.CH2O3/c1-5-9-10-11-12-13-17-22-18-14-21(15-19-22)16-20-26(23-6-2,24-7-3)25-8-4;2-1(3)4/h14-15,18-19H,5-13,16-17,20H2,1-4H3;(H2,2,3,4)/q+1;/p-1. The van der Waals surface area contributed by atoms with Crippen LogP contribution in [0.5, 0.6) is 0 Å². The zero-order valence-corrected chi connectivity index (χ0v) is 20.2. The van der Waals surface area contributed by atoms with Crippen molar-refractivity contribution < 1.29 is 34.3 Å². The summed E-state index contributed by atoms with van der Waals surface area (Å²) in [5.41, 5.74) is 1.32. The first-order valence-corrected chi connectivity index (χ1v) is 13.1. The predicted molar refractivity (Wildman–Crippen MR) is 116 cm³/mol. The highest BCUT2D eigenvalue weighted by molar-refractivity contribution is 6.60. The van der Waals surface area contributed by atoms with Crippen LogP contribution in [0.1, 0.15) is 73.2 Å². The van der Waals surface area contributed by atoms with E-state index in [-0.39, 0.29) is 1.43 Å². The smallest absolute Gasteiger partial charge is 0.652 e. The minimum Gasteiger partial charge on any atom is -0.652 e. The molecule has 0 aromatic carbocycles. The van der Waals surface area contributed by atoms with E-state index in [1.54, 1.807) is 0 Å². The number of carboxylic acid groups (broad SMARTS) is 2. The summed E-state index contributed by atoms with van der Waals surface area (Å²) in [5.74, 6) is 0. The molecule has 7 nitrogen and oxygen atoms in total. The first kappa shape index (κ1) is 28.5. The normalized spacial score (nSPS) is 11.1. The largest absolute Gasteiger partial charge is 1.00 e. The first-order valence-electron chi connectivity index (χ1n) is 11.2. The lowest BCUT2D eigenvalue weighted by Gasteiger charge is -2.28. The van der Waals surface area contributed by atoms with Crippen LogP contribution in [0.25, 0.3) is 0 Å². The van der Waals surface area contributed by atoms with E-state index in [1.807, 2.05) is 20.8 Å². The van der Waals surface area contributed by atoms with Crippen molar-refractivity contribution in [1.82, 2.24) is 0 Å². The molecule has 0 N–H and O–H groups in total. The summed E-state index contributed by atoms with van der Waals surface area (Å²) < 4.78 is 20.1. The molecular formula is C22H41NO6Si. The summed E-state index contributed by atoms with van der Waals surface area (Å²) in [6.45, 7) is 11.3. The second-order valence-electron chi connectivity index (χ2n) is 6.94. The number of hydrogen-bond acceptors (Lipinski definition) is 6. The average Bonchev–Trinajstić information content (AvgIpc) is 2.70. The molecule has 8 heteroatoms. The monoisotopic (exact) mass is 443 g/mol. The summed E-state index contributed by atoms with van der Waals surface area (Å²) >= 11 is 0. The minimum absolute atomic E-state index is 0. The third-order valence-electron chi connectivity index (χ3n) is 4.54. The molecule has 0 radical (unpaired) electrons. The van der Waals surface area contributed by atoms with Crippen LogP contribution in [-0.2, 0) is 26.2 Å². The summed E-state index contributed by atoms with van der Waals surface area (Å²) in [6.07, 6.45) is 11.0. The van der Waals surface area contributed by atoms with Crippen molar-refractivity contribution in [2.75, 3.05) is 19.8 Å². The molecular weight excluding hydrogens is 402 g/mol. The molecule has 1 heterocycles. The zero-order valence-electron chi connectivity index (χ0n) is 20.2. The van der Waals surface area contributed by atoms with Gasteiger partial charge >= 0.3 is 10.2 Å². The van der Waals surface area contributed by atoms with E-state index in [1.165, 1.54) is 44.1 Å². The lowest BCUT2D eigenvalue weighted by atomic mass is 10.1. The van der Waals surface area contributed by atoms with Gasteiger partial charge in [-0.15, -0.1) is 0 Å².